The van der Waals surface area contributed by atoms with Gasteiger partial charge in [0.2, 0.25) is 0 Å². The third kappa shape index (κ3) is 5.99. The molecule has 0 radical (unpaired) electrons. The van der Waals surface area contributed by atoms with Crippen molar-refractivity contribution in [1.29, 1.82) is 0 Å². The lowest BCUT2D eigenvalue weighted by molar-refractivity contribution is 1.19. The van der Waals surface area contributed by atoms with Gasteiger partial charge in [-0.05, 0) is 63.4 Å². The molecular weight excluding hydrogens is 759 g/mol. The van der Waals surface area contributed by atoms with E-state index in [0.29, 0.717) is 5.82 Å². The van der Waals surface area contributed by atoms with Gasteiger partial charge >= 0.3 is 0 Å². The van der Waals surface area contributed by atoms with E-state index in [9.17, 15) is 0 Å². The standard InChI is InChI=1S/C57H35N3S/c1-4-16-36(17-5-1)40-22-10-13-25-45(40)57-59-50(37-18-6-2-7-19-37)35-51(60-57)44-30-29-41(42-23-11-12-24-43(42)44)39-28-32-52-48(34-39)55-53(61-52)33-31-47-54(55)46-26-14-15-27-49(46)58-56(47)38-20-8-3-9-21-38/h1-35H. The Hall–Kier alpha value is -7.79. The van der Waals surface area contributed by atoms with Gasteiger partial charge in [-0.15, -0.1) is 11.3 Å². The second-order valence-electron chi connectivity index (χ2n) is 15.5. The molecule has 9 aromatic carbocycles. The summed E-state index contributed by atoms with van der Waals surface area (Å²) in [5.41, 5.74) is 12.6. The maximum Gasteiger partial charge on any atom is 0.161 e. The molecule has 3 nitrogen and oxygen atoms in total. The van der Waals surface area contributed by atoms with Crippen molar-refractivity contribution in [3.05, 3.63) is 212 Å². The lowest BCUT2D eigenvalue weighted by atomic mass is 9.92. The summed E-state index contributed by atoms with van der Waals surface area (Å²) in [6, 6.07) is 75.5. The third-order valence-corrected chi connectivity index (χ3v) is 13.0. The lowest BCUT2D eigenvalue weighted by Crippen LogP contribution is -1.98. The fraction of sp³-hybridized carbons (Fsp3) is 0. The van der Waals surface area contributed by atoms with Crippen LogP contribution >= 0.6 is 11.3 Å². The van der Waals surface area contributed by atoms with Gasteiger partial charge < -0.3 is 0 Å². The lowest BCUT2D eigenvalue weighted by Gasteiger charge is -2.15. The second kappa shape index (κ2) is 14.5. The number of thiophene rings is 1. The van der Waals surface area contributed by atoms with Crippen molar-refractivity contribution in [2.75, 3.05) is 0 Å². The molecule has 3 heterocycles. The minimum atomic E-state index is 0.698. The predicted octanol–water partition coefficient (Wildman–Crippen LogP) is 15.7. The van der Waals surface area contributed by atoms with Gasteiger partial charge in [0.1, 0.15) is 0 Å². The Morgan fingerprint density at radius 3 is 1.66 bits per heavy atom. The molecule has 61 heavy (non-hydrogen) atoms. The van der Waals surface area contributed by atoms with Crippen LogP contribution in [0.25, 0.3) is 120 Å². The molecule has 0 saturated carbocycles. The SMILES string of the molecule is c1ccc(-c2cc(-c3ccc(-c4ccc5sc6ccc7c(-c8ccccc8)nc8ccccc8c7c6c5c4)c4ccccc34)nc(-c3ccccc3-c3ccccc3)n2)cc1. The molecule has 284 valence electrons. The number of hydrogen-bond acceptors (Lipinski definition) is 4. The monoisotopic (exact) mass is 793 g/mol. The Bertz CT molecular complexity index is 3630. The second-order valence-corrected chi connectivity index (χ2v) is 16.5. The van der Waals surface area contributed by atoms with E-state index in [4.69, 9.17) is 15.0 Å². The average molecular weight is 794 g/mol. The number of fused-ring (bicyclic) bond motifs is 8. The van der Waals surface area contributed by atoms with Crippen molar-refractivity contribution in [1.82, 2.24) is 15.0 Å². The first-order valence-electron chi connectivity index (χ1n) is 20.6. The fourth-order valence-corrected chi connectivity index (χ4v) is 10.2. The zero-order valence-corrected chi connectivity index (χ0v) is 33.8. The highest BCUT2D eigenvalue weighted by Gasteiger charge is 2.20. The van der Waals surface area contributed by atoms with E-state index in [-0.39, 0.29) is 0 Å². The summed E-state index contributed by atoms with van der Waals surface area (Å²) in [5, 5.41) is 8.47. The van der Waals surface area contributed by atoms with Gasteiger partial charge in [0.05, 0.1) is 22.6 Å². The third-order valence-electron chi connectivity index (χ3n) is 11.9. The van der Waals surface area contributed by atoms with E-state index < -0.39 is 0 Å². The number of hydrogen-bond donors (Lipinski definition) is 0. The molecule has 0 fully saturated rings. The van der Waals surface area contributed by atoms with Gasteiger partial charge in [0.15, 0.2) is 5.82 Å². The van der Waals surface area contributed by atoms with Crippen LogP contribution in [0, 0.1) is 0 Å². The number of aromatic nitrogens is 3. The smallest absolute Gasteiger partial charge is 0.161 e. The highest BCUT2D eigenvalue weighted by molar-refractivity contribution is 7.26. The van der Waals surface area contributed by atoms with Crippen LogP contribution in [0.5, 0.6) is 0 Å². The number of para-hydroxylation sites is 1. The predicted molar refractivity (Wildman–Crippen MR) is 258 cm³/mol. The molecule has 12 aromatic rings. The largest absolute Gasteiger partial charge is 0.247 e. The van der Waals surface area contributed by atoms with E-state index in [1.54, 1.807) is 0 Å². The zero-order chi connectivity index (χ0) is 40.3. The van der Waals surface area contributed by atoms with Gasteiger partial charge in [0.25, 0.3) is 0 Å². The molecule has 0 N–H and O–H groups in total. The summed E-state index contributed by atoms with van der Waals surface area (Å²) in [4.78, 5) is 15.8. The summed E-state index contributed by atoms with van der Waals surface area (Å²) in [6.07, 6.45) is 0. The van der Waals surface area contributed by atoms with E-state index in [1.807, 2.05) is 17.4 Å². The highest BCUT2D eigenvalue weighted by Crippen LogP contribution is 2.45. The first-order valence-corrected chi connectivity index (χ1v) is 21.4. The fourth-order valence-electron chi connectivity index (χ4n) is 9.08. The van der Waals surface area contributed by atoms with Crippen molar-refractivity contribution in [3.8, 4) is 67.4 Å². The molecule has 3 aromatic heterocycles. The molecule has 0 amide bonds. The Labute approximate surface area is 356 Å². The summed E-state index contributed by atoms with van der Waals surface area (Å²) in [6.45, 7) is 0. The summed E-state index contributed by atoms with van der Waals surface area (Å²) >= 11 is 1.86. The van der Waals surface area contributed by atoms with Crippen molar-refractivity contribution in [2.45, 2.75) is 0 Å². The van der Waals surface area contributed by atoms with Crippen LogP contribution in [0.15, 0.2) is 212 Å². The molecule has 0 aliphatic carbocycles. The zero-order valence-electron chi connectivity index (χ0n) is 33.0. The maximum absolute atomic E-state index is 5.37. The molecule has 4 heteroatoms. The van der Waals surface area contributed by atoms with Crippen LogP contribution in [-0.4, -0.2) is 15.0 Å². The summed E-state index contributed by atoms with van der Waals surface area (Å²) in [7, 11) is 0. The summed E-state index contributed by atoms with van der Waals surface area (Å²) < 4.78 is 2.55. The van der Waals surface area contributed by atoms with Crippen LogP contribution in [0.2, 0.25) is 0 Å². The van der Waals surface area contributed by atoms with Crippen molar-refractivity contribution >= 4 is 64.0 Å². The molecule has 0 atom stereocenters. The highest BCUT2D eigenvalue weighted by atomic mass is 32.1. The molecule has 0 saturated heterocycles. The van der Waals surface area contributed by atoms with Crippen LogP contribution in [0.1, 0.15) is 0 Å². The first-order chi connectivity index (χ1) is 30.2. The van der Waals surface area contributed by atoms with E-state index >= 15 is 0 Å². The van der Waals surface area contributed by atoms with E-state index in [1.165, 1.54) is 52.8 Å². The molecule has 0 aliphatic rings. The number of nitrogens with zero attached hydrogens (tertiary/aromatic N) is 3. The normalized spacial score (nSPS) is 11.6. The molecule has 0 bridgehead atoms. The molecule has 0 aliphatic heterocycles. The molecule has 12 rings (SSSR count). The Morgan fingerprint density at radius 2 is 0.885 bits per heavy atom. The Kier molecular flexibility index (Phi) is 8.36. The topological polar surface area (TPSA) is 38.7 Å². The molecule has 0 unspecified atom stereocenters. The van der Waals surface area contributed by atoms with Gasteiger partial charge in [-0.1, -0.05) is 182 Å². The molecule has 0 spiro atoms. The molecular formula is C57H35N3S. The van der Waals surface area contributed by atoms with Gasteiger partial charge in [0, 0.05) is 58.6 Å². The average Bonchev–Trinajstić information content (AvgIpc) is 3.72. The van der Waals surface area contributed by atoms with Crippen LogP contribution in [-0.2, 0) is 0 Å². The quantitative estimate of drug-likeness (QED) is 0.157. The number of rotatable bonds is 6. The Morgan fingerprint density at radius 1 is 0.295 bits per heavy atom. The number of benzene rings is 9. The van der Waals surface area contributed by atoms with E-state index in [2.05, 4.69) is 206 Å². The van der Waals surface area contributed by atoms with Gasteiger partial charge in [-0.2, -0.15) is 0 Å². The van der Waals surface area contributed by atoms with Crippen LogP contribution in [0.3, 0.4) is 0 Å². The van der Waals surface area contributed by atoms with Crippen molar-refractivity contribution in [3.63, 3.8) is 0 Å². The van der Waals surface area contributed by atoms with Crippen molar-refractivity contribution in [2.24, 2.45) is 0 Å². The van der Waals surface area contributed by atoms with Gasteiger partial charge in [-0.3, -0.25) is 0 Å². The number of pyridine rings is 1. The minimum Gasteiger partial charge on any atom is -0.247 e. The van der Waals surface area contributed by atoms with Gasteiger partial charge in [-0.25, -0.2) is 15.0 Å². The van der Waals surface area contributed by atoms with E-state index in [0.717, 1.165) is 61.4 Å². The maximum atomic E-state index is 5.37. The van der Waals surface area contributed by atoms with Crippen LogP contribution < -0.4 is 0 Å². The minimum absolute atomic E-state index is 0.698. The summed E-state index contributed by atoms with van der Waals surface area (Å²) in [5.74, 6) is 0.698. The van der Waals surface area contributed by atoms with Crippen molar-refractivity contribution < 1.29 is 0 Å². The first kappa shape index (κ1) is 35.2. The Balaban J connectivity index is 1.06. The van der Waals surface area contributed by atoms with Crippen LogP contribution in [0.4, 0.5) is 0 Å².